The van der Waals surface area contributed by atoms with E-state index in [0.717, 1.165) is 12.1 Å². The van der Waals surface area contributed by atoms with E-state index in [1.807, 2.05) is 32.2 Å². The van der Waals surface area contributed by atoms with Crippen molar-refractivity contribution >= 4 is 11.8 Å². The SMILES string of the molecule is CN(C)CCN1CC(C(=O)N(C)Cc2cnn(C)c2)CC1=O. The number of hydrogen-bond acceptors (Lipinski definition) is 4. The topological polar surface area (TPSA) is 61.7 Å². The maximum absolute atomic E-state index is 12.5. The van der Waals surface area contributed by atoms with Crippen molar-refractivity contribution in [3.63, 3.8) is 0 Å². The Morgan fingerprint density at radius 3 is 2.73 bits per heavy atom. The van der Waals surface area contributed by atoms with Crippen LogP contribution in [0.3, 0.4) is 0 Å². The Kier molecular flexibility index (Phi) is 5.18. The molecule has 0 aromatic carbocycles. The van der Waals surface area contributed by atoms with Crippen LogP contribution in [-0.2, 0) is 23.2 Å². The number of likely N-dealkylation sites (tertiary alicyclic amines) is 1. The molecule has 1 fully saturated rings. The lowest BCUT2D eigenvalue weighted by Crippen LogP contribution is -2.36. The number of aromatic nitrogens is 2. The summed E-state index contributed by atoms with van der Waals surface area (Å²) < 4.78 is 1.72. The summed E-state index contributed by atoms with van der Waals surface area (Å²) in [5.74, 6) is -0.115. The van der Waals surface area contributed by atoms with Crippen LogP contribution >= 0.6 is 0 Å². The summed E-state index contributed by atoms with van der Waals surface area (Å²) in [6, 6.07) is 0. The third kappa shape index (κ3) is 4.07. The second-order valence-corrected chi connectivity index (χ2v) is 6.26. The van der Waals surface area contributed by atoms with E-state index >= 15 is 0 Å². The molecule has 0 aliphatic carbocycles. The van der Waals surface area contributed by atoms with Gasteiger partial charge < -0.3 is 14.7 Å². The molecule has 1 aromatic heterocycles. The van der Waals surface area contributed by atoms with Gasteiger partial charge in [0, 0.05) is 58.5 Å². The Morgan fingerprint density at radius 2 is 2.14 bits per heavy atom. The van der Waals surface area contributed by atoms with Crippen molar-refractivity contribution in [1.29, 1.82) is 0 Å². The maximum Gasteiger partial charge on any atom is 0.228 e. The van der Waals surface area contributed by atoms with Crippen LogP contribution in [-0.4, -0.2) is 77.1 Å². The highest BCUT2D eigenvalue weighted by Gasteiger charge is 2.35. The third-order valence-electron chi connectivity index (χ3n) is 3.94. The molecule has 2 amide bonds. The van der Waals surface area contributed by atoms with Gasteiger partial charge in [0.25, 0.3) is 0 Å². The van der Waals surface area contributed by atoms with Crippen molar-refractivity contribution < 1.29 is 9.59 Å². The zero-order valence-corrected chi connectivity index (χ0v) is 13.8. The van der Waals surface area contributed by atoms with Crippen molar-refractivity contribution in [2.75, 3.05) is 40.8 Å². The van der Waals surface area contributed by atoms with Crippen LogP contribution in [0.15, 0.2) is 12.4 Å². The highest BCUT2D eigenvalue weighted by molar-refractivity contribution is 5.89. The zero-order valence-electron chi connectivity index (χ0n) is 13.8. The first-order chi connectivity index (χ1) is 10.4. The third-order valence-corrected chi connectivity index (χ3v) is 3.94. The van der Waals surface area contributed by atoms with E-state index in [9.17, 15) is 9.59 Å². The molecule has 2 heterocycles. The molecule has 1 atom stereocenters. The number of amides is 2. The molecule has 0 spiro atoms. The summed E-state index contributed by atoms with van der Waals surface area (Å²) in [7, 11) is 7.58. The van der Waals surface area contributed by atoms with Gasteiger partial charge in [0.05, 0.1) is 12.1 Å². The van der Waals surface area contributed by atoms with Crippen LogP contribution in [0.1, 0.15) is 12.0 Å². The van der Waals surface area contributed by atoms with Gasteiger partial charge in [-0.15, -0.1) is 0 Å². The van der Waals surface area contributed by atoms with E-state index in [4.69, 9.17) is 0 Å². The minimum Gasteiger partial charge on any atom is -0.341 e. The standard InChI is InChI=1S/C15H25N5O2/c1-17(2)5-6-20-11-13(7-14(20)21)15(22)18(3)9-12-8-16-19(4)10-12/h8,10,13H,5-7,9,11H2,1-4H3. The van der Waals surface area contributed by atoms with Crippen molar-refractivity contribution in [2.45, 2.75) is 13.0 Å². The number of rotatable bonds is 6. The Bertz CT molecular complexity index is 540. The Balaban J connectivity index is 1.88. The molecule has 2 rings (SSSR count). The lowest BCUT2D eigenvalue weighted by Gasteiger charge is -2.21. The summed E-state index contributed by atoms with van der Waals surface area (Å²) in [6.45, 7) is 2.55. The van der Waals surface area contributed by atoms with Crippen molar-refractivity contribution in [3.8, 4) is 0 Å². The molecular weight excluding hydrogens is 282 g/mol. The van der Waals surface area contributed by atoms with Crippen molar-refractivity contribution in [3.05, 3.63) is 18.0 Å². The first-order valence-corrected chi connectivity index (χ1v) is 7.52. The smallest absolute Gasteiger partial charge is 0.228 e. The monoisotopic (exact) mass is 307 g/mol. The summed E-state index contributed by atoms with van der Waals surface area (Å²) in [5, 5.41) is 4.10. The average molecular weight is 307 g/mol. The molecule has 22 heavy (non-hydrogen) atoms. The number of hydrogen-bond donors (Lipinski definition) is 0. The van der Waals surface area contributed by atoms with Gasteiger partial charge in [-0.1, -0.05) is 0 Å². The summed E-state index contributed by atoms with van der Waals surface area (Å²) in [6.07, 6.45) is 3.98. The van der Waals surface area contributed by atoms with E-state index in [0.29, 0.717) is 26.1 Å². The average Bonchev–Trinajstić information content (AvgIpc) is 3.01. The first kappa shape index (κ1) is 16.5. The van der Waals surface area contributed by atoms with E-state index < -0.39 is 0 Å². The Morgan fingerprint density at radius 1 is 1.41 bits per heavy atom. The fraction of sp³-hybridized carbons (Fsp3) is 0.667. The predicted octanol–water partition coefficient (Wildman–Crippen LogP) is -0.211. The number of carbonyl (C=O) groups excluding carboxylic acids is 2. The molecule has 1 aromatic rings. The summed E-state index contributed by atoms with van der Waals surface area (Å²) in [5.41, 5.74) is 0.993. The molecule has 122 valence electrons. The predicted molar refractivity (Wildman–Crippen MR) is 82.9 cm³/mol. The number of aryl methyl sites for hydroxylation is 1. The Hall–Kier alpha value is -1.89. The molecule has 0 N–H and O–H groups in total. The highest BCUT2D eigenvalue weighted by Crippen LogP contribution is 2.20. The van der Waals surface area contributed by atoms with E-state index in [1.165, 1.54) is 0 Å². The molecule has 0 radical (unpaired) electrons. The summed E-state index contributed by atoms with van der Waals surface area (Å²) in [4.78, 5) is 30.0. The molecule has 1 unspecified atom stereocenters. The van der Waals surface area contributed by atoms with Crippen LogP contribution in [0.4, 0.5) is 0 Å². The Labute approximate surface area is 131 Å². The largest absolute Gasteiger partial charge is 0.341 e. The van der Waals surface area contributed by atoms with Crippen molar-refractivity contribution in [2.24, 2.45) is 13.0 Å². The normalized spacial score (nSPS) is 18.3. The van der Waals surface area contributed by atoms with Gasteiger partial charge in [-0.25, -0.2) is 0 Å². The summed E-state index contributed by atoms with van der Waals surface area (Å²) >= 11 is 0. The molecule has 0 bridgehead atoms. The quantitative estimate of drug-likeness (QED) is 0.729. The lowest BCUT2D eigenvalue weighted by atomic mass is 10.1. The zero-order chi connectivity index (χ0) is 16.3. The number of likely N-dealkylation sites (N-methyl/N-ethyl adjacent to an activating group) is 1. The van der Waals surface area contributed by atoms with Gasteiger partial charge in [-0.2, -0.15) is 5.10 Å². The second-order valence-electron chi connectivity index (χ2n) is 6.26. The lowest BCUT2D eigenvalue weighted by molar-refractivity contribution is -0.135. The highest BCUT2D eigenvalue weighted by atomic mass is 16.2. The molecule has 0 saturated carbocycles. The van der Waals surface area contributed by atoms with Gasteiger partial charge in [-0.05, 0) is 14.1 Å². The molecule has 1 aliphatic rings. The van der Waals surface area contributed by atoms with Gasteiger partial charge >= 0.3 is 0 Å². The van der Waals surface area contributed by atoms with Crippen LogP contribution in [0.2, 0.25) is 0 Å². The van der Waals surface area contributed by atoms with Gasteiger partial charge in [0.1, 0.15) is 0 Å². The first-order valence-electron chi connectivity index (χ1n) is 7.52. The van der Waals surface area contributed by atoms with Gasteiger partial charge in [0.2, 0.25) is 11.8 Å². The molecule has 7 nitrogen and oxygen atoms in total. The number of carbonyl (C=O) groups is 2. The molecule has 7 heteroatoms. The van der Waals surface area contributed by atoms with E-state index in [1.54, 1.807) is 27.7 Å². The van der Waals surface area contributed by atoms with Crippen molar-refractivity contribution in [1.82, 2.24) is 24.5 Å². The van der Waals surface area contributed by atoms with Crippen LogP contribution < -0.4 is 0 Å². The molecule has 1 aliphatic heterocycles. The fourth-order valence-electron chi connectivity index (χ4n) is 2.69. The van der Waals surface area contributed by atoms with Crippen LogP contribution in [0.5, 0.6) is 0 Å². The molecule has 1 saturated heterocycles. The fourth-order valence-corrected chi connectivity index (χ4v) is 2.69. The minimum absolute atomic E-state index is 0.0320. The van der Waals surface area contributed by atoms with E-state index in [2.05, 4.69) is 5.10 Å². The second kappa shape index (κ2) is 6.91. The number of nitrogens with zero attached hydrogens (tertiary/aromatic N) is 5. The minimum atomic E-state index is -0.226. The van der Waals surface area contributed by atoms with Gasteiger partial charge in [0.15, 0.2) is 0 Å². The molecular formula is C15H25N5O2. The van der Waals surface area contributed by atoms with Crippen LogP contribution in [0, 0.1) is 5.92 Å². The van der Waals surface area contributed by atoms with Gasteiger partial charge in [-0.3, -0.25) is 14.3 Å². The van der Waals surface area contributed by atoms with Crippen LogP contribution in [0.25, 0.3) is 0 Å². The van der Waals surface area contributed by atoms with E-state index in [-0.39, 0.29) is 17.7 Å². The maximum atomic E-state index is 12.5.